The molecule has 0 saturated carbocycles. The van der Waals surface area contributed by atoms with Crippen molar-refractivity contribution in [3.05, 3.63) is 77.4 Å². The van der Waals surface area contributed by atoms with E-state index in [9.17, 15) is 9.90 Å². The third-order valence-corrected chi connectivity index (χ3v) is 4.05. The third-order valence-electron chi connectivity index (χ3n) is 4.05. The van der Waals surface area contributed by atoms with Crippen LogP contribution in [0.25, 0.3) is 5.69 Å². The van der Waals surface area contributed by atoms with Gasteiger partial charge in [-0.15, -0.1) is 10.2 Å². The first-order valence-corrected chi connectivity index (χ1v) is 7.77. The van der Waals surface area contributed by atoms with Gasteiger partial charge in [0.2, 0.25) is 0 Å². The van der Waals surface area contributed by atoms with E-state index < -0.39 is 12.3 Å². The molecule has 1 aliphatic rings. The Balaban J connectivity index is 0.00000196. The minimum absolute atomic E-state index is 0. The Morgan fingerprint density at radius 2 is 1.77 bits per heavy atom. The Morgan fingerprint density at radius 1 is 1.08 bits per heavy atom. The second kappa shape index (κ2) is 7.91. The molecule has 0 radical (unpaired) electrons. The van der Waals surface area contributed by atoms with Gasteiger partial charge in [0.05, 0.1) is 11.4 Å². The Hall–Kier alpha value is -1.67. The van der Waals surface area contributed by atoms with Gasteiger partial charge in [0.25, 0.3) is 0 Å². The van der Waals surface area contributed by atoms with Gasteiger partial charge in [-0.1, -0.05) is 48.5 Å². The van der Waals surface area contributed by atoms with Crippen LogP contribution in [0.4, 0.5) is 4.79 Å². The molecule has 0 fully saturated rings. The SMILES string of the molecule is Cc1nnc2n1-c1ccccc1C(c1ccccc1)=NC2NC(=O)[O-].[Rb+]. The van der Waals surface area contributed by atoms with E-state index in [2.05, 4.69) is 20.5 Å². The van der Waals surface area contributed by atoms with Crippen LogP contribution in [-0.2, 0) is 0 Å². The fourth-order valence-electron chi connectivity index (χ4n) is 3.01. The average Bonchev–Trinajstić information content (AvgIpc) is 2.94. The molecule has 0 saturated heterocycles. The molecular weight excluding hydrogens is 404 g/mol. The maximum absolute atomic E-state index is 11.2. The molecule has 124 valence electrons. The molecule has 2 heterocycles. The van der Waals surface area contributed by atoms with E-state index in [1.54, 1.807) is 0 Å². The number of rotatable bonds is 2. The van der Waals surface area contributed by atoms with E-state index in [4.69, 9.17) is 0 Å². The van der Waals surface area contributed by atoms with Crippen molar-refractivity contribution in [3.8, 4) is 5.69 Å². The number of fused-ring (bicyclic) bond motifs is 3. The van der Waals surface area contributed by atoms with Gasteiger partial charge in [-0.05, 0) is 13.0 Å². The smallest absolute Gasteiger partial charge is 0.530 e. The number of amides is 1. The minimum Gasteiger partial charge on any atom is -0.530 e. The standard InChI is InChI=1S/C18H15N5O2.Rb/c1-11-21-22-17-16(20-18(24)25)19-15(12-7-3-2-4-8-12)13-9-5-6-10-14(13)23(11)17;/h2-10,16,20H,1H3,(H,24,25);/q;+1/p-1. The van der Waals surface area contributed by atoms with Crippen molar-refractivity contribution in [1.29, 1.82) is 0 Å². The third kappa shape index (κ3) is 3.44. The van der Waals surface area contributed by atoms with Crippen LogP contribution < -0.4 is 68.6 Å². The zero-order valence-electron chi connectivity index (χ0n) is 14.4. The Kier molecular flexibility index (Phi) is 5.81. The van der Waals surface area contributed by atoms with Crippen LogP contribution in [0, 0.1) is 6.92 Å². The first-order chi connectivity index (χ1) is 12.1. The Labute approximate surface area is 199 Å². The van der Waals surface area contributed by atoms with E-state index in [0.29, 0.717) is 17.4 Å². The summed E-state index contributed by atoms with van der Waals surface area (Å²) in [6.45, 7) is 1.82. The molecule has 0 bridgehead atoms. The van der Waals surface area contributed by atoms with E-state index in [1.807, 2.05) is 66.1 Å². The number of aromatic nitrogens is 3. The molecule has 1 amide bonds. The predicted molar refractivity (Wildman–Crippen MR) is 89.4 cm³/mol. The van der Waals surface area contributed by atoms with Crippen molar-refractivity contribution in [1.82, 2.24) is 20.1 Å². The van der Waals surface area contributed by atoms with Crippen molar-refractivity contribution >= 4 is 11.8 Å². The average molecular weight is 418 g/mol. The topological polar surface area (TPSA) is 95.2 Å². The van der Waals surface area contributed by atoms with E-state index in [1.165, 1.54) is 0 Å². The summed E-state index contributed by atoms with van der Waals surface area (Å²) < 4.78 is 1.81. The number of hydrogen-bond donors (Lipinski definition) is 1. The van der Waals surface area contributed by atoms with Crippen LogP contribution in [0.5, 0.6) is 0 Å². The molecular formula is C18H14N5O2Rb. The maximum Gasteiger partial charge on any atom is 1.00 e. The number of aryl methyl sites for hydroxylation is 1. The van der Waals surface area contributed by atoms with Crippen LogP contribution in [0.2, 0.25) is 0 Å². The number of carbonyl (C=O) groups excluding carboxylic acids is 1. The molecule has 7 nitrogen and oxygen atoms in total. The normalized spacial score (nSPS) is 15.0. The molecule has 0 spiro atoms. The molecule has 1 aliphatic heterocycles. The van der Waals surface area contributed by atoms with Gasteiger partial charge in [0.1, 0.15) is 11.9 Å². The summed E-state index contributed by atoms with van der Waals surface area (Å²) in [4.78, 5) is 15.8. The summed E-state index contributed by atoms with van der Waals surface area (Å²) in [5, 5.41) is 21.7. The van der Waals surface area contributed by atoms with Gasteiger partial charge in [-0.25, -0.2) is 0 Å². The molecule has 0 aliphatic carbocycles. The van der Waals surface area contributed by atoms with Crippen molar-refractivity contribution < 1.29 is 68.1 Å². The summed E-state index contributed by atoms with van der Waals surface area (Å²) >= 11 is 0. The maximum atomic E-state index is 11.2. The van der Waals surface area contributed by atoms with Crippen LogP contribution in [-0.4, -0.2) is 26.6 Å². The number of hydrogen-bond acceptors (Lipinski definition) is 5. The van der Waals surface area contributed by atoms with Gasteiger partial charge >= 0.3 is 58.2 Å². The number of benzene rings is 2. The molecule has 1 unspecified atom stereocenters. The quantitative estimate of drug-likeness (QED) is 0.541. The zero-order valence-corrected chi connectivity index (χ0v) is 19.3. The van der Waals surface area contributed by atoms with Gasteiger partial charge in [0, 0.05) is 11.1 Å². The van der Waals surface area contributed by atoms with Crippen LogP contribution in [0.15, 0.2) is 59.6 Å². The first kappa shape index (κ1) is 19.1. The number of nitrogens with one attached hydrogen (secondary N) is 1. The van der Waals surface area contributed by atoms with Gasteiger partial charge < -0.3 is 15.2 Å². The molecule has 26 heavy (non-hydrogen) atoms. The second-order valence-corrected chi connectivity index (χ2v) is 5.64. The number of aliphatic imine (C=N–C) groups is 1. The van der Waals surface area contributed by atoms with Crippen molar-refractivity contribution in [2.75, 3.05) is 0 Å². The zero-order chi connectivity index (χ0) is 17.4. The Bertz CT molecular complexity index is 984. The van der Waals surface area contributed by atoms with E-state index >= 15 is 0 Å². The molecule has 1 aromatic heterocycles. The fourth-order valence-corrected chi connectivity index (χ4v) is 3.01. The van der Waals surface area contributed by atoms with Crippen molar-refractivity contribution in [2.45, 2.75) is 13.1 Å². The largest absolute Gasteiger partial charge is 1.00 e. The molecule has 8 heteroatoms. The number of carbonyl (C=O) groups is 1. The number of carboxylic acid groups (broad SMARTS) is 1. The van der Waals surface area contributed by atoms with E-state index in [-0.39, 0.29) is 58.2 Å². The molecule has 1 N–H and O–H groups in total. The molecule has 3 aromatic rings. The van der Waals surface area contributed by atoms with Crippen LogP contribution >= 0.6 is 0 Å². The summed E-state index contributed by atoms with van der Waals surface area (Å²) in [7, 11) is 0. The van der Waals surface area contributed by atoms with Gasteiger partial charge in [0.15, 0.2) is 12.0 Å². The monoisotopic (exact) mass is 417 g/mol. The fraction of sp³-hybridized carbons (Fsp3) is 0.111. The van der Waals surface area contributed by atoms with Crippen LogP contribution in [0.3, 0.4) is 0 Å². The number of para-hydroxylation sites is 1. The molecule has 1 atom stereocenters. The second-order valence-electron chi connectivity index (χ2n) is 5.64. The first-order valence-electron chi connectivity index (χ1n) is 7.77. The summed E-state index contributed by atoms with van der Waals surface area (Å²) in [6.07, 6.45) is -2.33. The summed E-state index contributed by atoms with van der Waals surface area (Å²) in [5.74, 6) is 1.05. The van der Waals surface area contributed by atoms with Crippen LogP contribution in [0.1, 0.15) is 28.9 Å². The molecule has 4 rings (SSSR count). The molecule has 2 aromatic carbocycles. The summed E-state index contributed by atoms with van der Waals surface area (Å²) in [6, 6.07) is 17.3. The minimum atomic E-state index is -1.42. The van der Waals surface area contributed by atoms with Crippen molar-refractivity contribution in [3.63, 3.8) is 0 Å². The van der Waals surface area contributed by atoms with E-state index in [0.717, 1.165) is 16.8 Å². The summed E-state index contributed by atoms with van der Waals surface area (Å²) in [5.41, 5.74) is 3.29. The predicted octanol–water partition coefficient (Wildman–Crippen LogP) is -1.64. The Morgan fingerprint density at radius 3 is 2.50 bits per heavy atom. The van der Waals surface area contributed by atoms with Crippen molar-refractivity contribution in [2.24, 2.45) is 4.99 Å². The van der Waals surface area contributed by atoms with Gasteiger partial charge in [-0.3, -0.25) is 9.56 Å². The number of nitrogens with zero attached hydrogens (tertiary/aromatic N) is 4. The van der Waals surface area contributed by atoms with Gasteiger partial charge in [-0.2, -0.15) is 0 Å².